The summed E-state index contributed by atoms with van der Waals surface area (Å²) in [6, 6.07) is 8.41. The topological polar surface area (TPSA) is 46.1 Å². The third-order valence-electron chi connectivity index (χ3n) is 5.19. The minimum Gasteiger partial charge on any atom is -0.337 e. The molecular formula is C21H23N3OS2. The summed E-state index contributed by atoms with van der Waals surface area (Å²) in [6.07, 6.45) is 0.930. The Kier molecular flexibility index (Phi) is 4.95. The minimum absolute atomic E-state index is 0.174. The summed E-state index contributed by atoms with van der Waals surface area (Å²) < 4.78 is 0. The summed E-state index contributed by atoms with van der Waals surface area (Å²) in [5, 5.41) is 1.86. The minimum atomic E-state index is -0.174. The van der Waals surface area contributed by atoms with Gasteiger partial charge in [0.05, 0.1) is 5.25 Å². The van der Waals surface area contributed by atoms with Crippen LogP contribution in [0.5, 0.6) is 0 Å². The molecule has 27 heavy (non-hydrogen) atoms. The summed E-state index contributed by atoms with van der Waals surface area (Å²) in [7, 11) is 0. The van der Waals surface area contributed by atoms with Crippen molar-refractivity contribution in [1.29, 1.82) is 0 Å². The number of benzene rings is 1. The van der Waals surface area contributed by atoms with Gasteiger partial charge in [-0.3, -0.25) is 4.79 Å². The normalized spacial score (nSPS) is 15.0. The molecule has 0 saturated heterocycles. The van der Waals surface area contributed by atoms with Crippen molar-refractivity contribution in [3.8, 4) is 0 Å². The Bertz CT molecular complexity index is 1030. The van der Waals surface area contributed by atoms with Crippen LogP contribution in [0.1, 0.15) is 34.3 Å². The van der Waals surface area contributed by atoms with E-state index in [-0.39, 0.29) is 11.2 Å². The predicted molar refractivity (Wildman–Crippen MR) is 113 cm³/mol. The first-order valence-corrected chi connectivity index (χ1v) is 10.9. The van der Waals surface area contributed by atoms with Crippen molar-refractivity contribution in [2.45, 2.75) is 50.9 Å². The molecule has 4 rings (SSSR count). The standard InChI is InChI=1S/C21H23N3OS2/c1-12-13(2)26-19-18(12)20(23-15(4)22-19)27-14(3)21(25)24-10-9-16-7-5-6-8-17(16)11-24/h5-8,14H,9-11H2,1-4H3/t14-/m0/s1. The molecule has 0 aliphatic carbocycles. The third kappa shape index (κ3) is 3.48. The maximum absolute atomic E-state index is 13.1. The van der Waals surface area contributed by atoms with Crippen LogP contribution in [0.3, 0.4) is 0 Å². The van der Waals surface area contributed by atoms with Crippen molar-refractivity contribution in [3.05, 3.63) is 51.7 Å². The number of aryl methyl sites for hydroxylation is 3. The van der Waals surface area contributed by atoms with Crippen molar-refractivity contribution in [3.63, 3.8) is 0 Å². The molecule has 0 N–H and O–H groups in total. The lowest BCUT2D eigenvalue weighted by Gasteiger charge is -2.30. The van der Waals surface area contributed by atoms with Gasteiger partial charge in [0.1, 0.15) is 15.7 Å². The SMILES string of the molecule is Cc1nc(S[C@@H](C)C(=O)N2CCc3ccccc3C2)c2c(C)c(C)sc2n1. The van der Waals surface area contributed by atoms with E-state index < -0.39 is 0 Å². The highest BCUT2D eigenvalue weighted by atomic mass is 32.2. The van der Waals surface area contributed by atoms with E-state index in [1.54, 1.807) is 23.1 Å². The molecular weight excluding hydrogens is 374 g/mol. The number of nitrogens with zero attached hydrogens (tertiary/aromatic N) is 3. The lowest BCUT2D eigenvalue weighted by Crippen LogP contribution is -2.40. The summed E-state index contributed by atoms with van der Waals surface area (Å²) >= 11 is 3.27. The molecule has 2 aromatic heterocycles. The second-order valence-corrected chi connectivity index (χ2v) is 9.61. The van der Waals surface area contributed by atoms with Gasteiger partial charge in [0.15, 0.2) is 0 Å². The van der Waals surface area contributed by atoms with E-state index in [0.29, 0.717) is 6.54 Å². The van der Waals surface area contributed by atoms with Crippen molar-refractivity contribution in [2.75, 3.05) is 6.54 Å². The van der Waals surface area contributed by atoms with Crippen molar-refractivity contribution in [1.82, 2.24) is 14.9 Å². The second kappa shape index (κ2) is 7.24. The van der Waals surface area contributed by atoms with Crippen LogP contribution in [0.4, 0.5) is 0 Å². The number of fused-ring (bicyclic) bond motifs is 2. The van der Waals surface area contributed by atoms with E-state index in [2.05, 4.69) is 42.0 Å². The highest BCUT2D eigenvalue weighted by Gasteiger charge is 2.26. The molecule has 0 spiro atoms. The Morgan fingerprint density at radius 3 is 2.70 bits per heavy atom. The number of hydrogen-bond acceptors (Lipinski definition) is 5. The number of carbonyl (C=O) groups is 1. The molecule has 1 aromatic carbocycles. The van der Waals surface area contributed by atoms with Crippen LogP contribution in [-0.4, -0.2) is 32.6 Å². The first-order valence-electron chi connectivity index (χ1n) is 9.20. The molecule has 0 bridgehead atoms. The first kappa shape index (κ1) is 18.4. The molecule has 0 saturated carbocycles. The fourth-order valence-corrected chi connectivity index (χ4v) is 5.84. The van der Waals surface area contributed by atoms with E-state index in [1.807, 2.05) is 24.8 Å². The van der Waals surface area contributed by atoms with Crippen LogP contribution in [0, 0.1) is 20.8 Å². The van der Waals surface area contributed by atoms with Crippen LogP contribution in [0.25, 0.3) is 10.2 Å². The zero-order valence-corrected chi connectivity index (χ0v) is 17.7. The lowest BCUT2D eigenvalue weighted by molar-refractivity contribution is -0.131. The number of thiophene rings is 1. The molecule has 3 aromatic rings. The van der Waals surface area contributed by atoms with Crippen LogP contribution < -0.4 is 0 Å². The van der Waals surface area contributed by atoms with Crippen LogP contribution in [0.2, 0.25) is 0 Å². The summed E-state index contributed by atoms with van der Waals surface area (Å²) in [4.78, 5) is 26.6. The molecule has 1 aliphatic heterocycles. The highest BCUT2D eigenvalue weighted by Crippen LogP contribution is 2.37. The predicted octanol–water partition coefficient (Wildman–Crippen LogP) is 4.68. The van der Waals surface area contributed by atoms with Gasteiger partial charge in [-0.25, -0.2) is 9.97 Å². The first-order chi connectivity index (χ1) is 12.9. The van der Waals surface area contributed by atoms with Crippen molar-refractivity contribution in [2.24, 2.45) is 0 Å². The number of hydrogen-bond donors (Lipinski definition) is 0. The summed E-state index contributed by atoms with van der Waals surface area (Å²) in [6.45, 7) is 9.63. The monoisotopic (exact) mass is 397 g/mol. The average Bonchev–Trinajstić information content (AvgIpc) is 2.94. The van der Waals surface area contributed by atoms with Gasteiger partial charge in [0.25, 0.3) is 0 Å². The number of amides is 1. The molecule has 0 radical (unpaired) electrons. The lowest BCUT2D eigenvalue weighted by atomic mass is 10.00. The summed E-state index contributed by atoms with van der Waals surface area (Å²) in [5.41, 5.74) is 3.85. The van der Waals surface area contributed by atoms with E-state index in [9.17, 15) is 4.79 Å². The molecule has 0 unspecified atom stereocenters. The van der Waals surface area contributed by atoms with Gasteiger partial charge in [0, 0.05) is 23.4 Å². The quantitative estimate of drug-likeness (QED) is 0.475. The summed E-state index contributed by atoms with van der Waals surface area (Å²) in [5.74, 6) is 0.946. The van der Waals surface area contributed by atoms with Gasteiger partial charge in [0.2, 0.25) is 5.91 Å². The number of thioether (sulfide) groups is 1. The van der Waals surface area contributed by atoms with Crippen LogP contribution in [0.15, 0.2) is 29.3 Å². The molecule has 1 amide bonds. The molecule has 6 heteroatoms. The molecule has 0 fully saturated rings. The maximum Gasteiger partial charge on any atom is 0.236 e. The molecule has 3 heterocycles. The van der Waals surface area contributed by atoms with E-state index >= 15 is 0 Å². The van der Waals surface area contributed by atoms with E-state index in [1.165, 1.54) is 21.6 Å². The Hall–Kier alpha value is -1.92. The fraction of sp³-hybridized carbons (Fsp3) is 0.381. The number of carbonyl (C=O) groups excluding carboxylic acids is 1. The average molecular weight is 398 g/mol. The number of aromatic nitrogens is 2. The number of rotatable bonds is 3. The van der Waals surface area contributed by atoms with Crippen molar-refractivity contribution >= 4 is 39.2 Å². The van der Waals surface area contributed by atoms with Gasteiger partial charge >= 0.3 is 0 Å². The van der Waals surface area contributed by atoms with Gasteiger partial charge < -0.3 is 4.90 Å². The largest absolute Gasteiger partial charge is 0.337 e. The maximum atomic E-state index is 13.1. The molecule has 1 atom stereocenters. The van der Waals surface area contributed by atoms with E-state index in [0.717, 1.165) is 34.0 Å². The smallest absolute Gasteiger partial charge is 0.236 e. The van der Waals surface area contributed by atoms with E-state index in [4.69, 9.17) is 0 Å². The Morgan fingerprint density at radius 2 is 1.93 bits per heavy atom. The Labute approximate surface area is 168 Å². The van der Waals surface area contributed by atoms with Gasteiger partial charge in [-0.2, -0.15) is 0 Å². The third-order valence-corrected chi connectivity index (χ3v) is 7.36. The Balaban J connectivity index is 1.57. The van der Waals surface area contributed by atoms with Gasteiger partial charge in [-0.15, -0.1) is 11.3 Å². The fourth-order valence-electron chi connectivity index (χ4n) is 3.56. The molecule has 4 nitrogen and oxygen atoms in total. The van der Waals surface area contributed by atoms with Crippen LogP contribution >= 0.6 is 23.1 Å². The molecule has 140 valence electrons. The zero-order chi connectivity index (χ0) is 19.1. The second-order valence-electron chi connectivity index (χ2n) is 7.08. The van der Waals surface area contributed by atoms with Crippen molar-refractivity contribution < 1.29 is 4.79 Å². The Morgan fingerprint density at radius 1 is 1.19 bits per heavy atom. The van der Waals surface area contributed by atoms with Gasteiger partial charge in [-0.1, -0.05) is 36.0 Å². The van der Waals surface area contributed by atoms with Crippen LogP contribution in [-0.2, 0) is 17.8 Å². The zero-order valence-electron chi connectivity index (χ0n) is 16.1. The van der Waals surface area contributed by atoms with Gasteiger partial charge in [-0.05, 0) is 50.8 Å². The molecule has 1 aliphatic rings. The highest BCUT2D eigenvalue weighted by molar-refractivity contribution is 8.00.